The SMILES string of the molecule is CCCN1CCC(NC(=O)C2CNC(=O)CN2)CC1. The molecule has 0 spiro atoms. The van der Waals surface area contributed by atoms with Crippen LogP contribution in [0.2, 0.25) is 0 Å². The van der Waals surface area contributed by atoms with Crippen molar-refractivity contribution in [3.63, 3.8) is 0 Å². The molecule has 108 valence electrons. The summed E-state index contributed by atoms with van der Waals surface area (Å²) in [5, 5.41) is 8.74. The lowest BCUT2D eigenvalue weighted by atomic mass is 10.0. The summed E-state index contributed by atoms with van der Waals surface area (Å²) in [7, 11) is 0. The van der Waals surface area contributed by atoms with Crippen molar-refractivity contribution in [1.29, 1.82) is 0 Å². The van der Waals surface area contributed by atoms with Crippen molar-refractivity contribution < 1.29 is 9.59 Å². The number of piperazine rings is 1. The van der Waals surface area contributed by atoms with Gasteiger partial charge in [-0.05, 0) is 25.8 Å². The second-order valence-electron chi connectivity index (χ2n) is 5.36. The molecule has 0 aliphatic carbocycles. The van der Waals surface area contributed by atoms with Gasteiger partial charge in [0.15, 0.2) is 0 Å². The van der Waals surface area contributed by atoms with Crippen molar-refractivity contribution in [2.75, 3.05) is 32.7 Å². The molecule has 2 heterocycles. The van der Waals surface area contributed by atoms with Crippen LogP contribution in [0.5, 0.6) is 0 Å². The zero-order valence-corrected chi connectivity index (χ0v) is 11.6. The van der Waals surface area contributed by atoms with Gasteiger partial charge in [0, 0.05) is 25.7 Å². The van der Waals surface area contributed by atoms with Crippen molar-refractivity contribution in [2.24, 2.45) is 0 Å². The normalized spacial score (nSPS) is 25.9. The summed E-state index contributed by atoms with van der Waals surface area (Å²) < 4.78 is 0. The van der Waals surface area contributed by atoms with Crippen LogP contribution < -0.4 is 16.0 Å². The van der Waals surface area contributed by atoms with E-state index in [9.17, 15) is 9.59 Å². The minimum absolute atomic E-state index is 0.00828. The molecule has 1 unspecified atom stereocenters. The third kappa shape index (κ3) is 4.18. The van der Waals surface area contributed by atoms with E-state index in [-0.39, 0.29) is 30.4 Å². The van der Waals surface area contributed by atoms with Crippen LogP contribution in [0.15, 0.2) is 0 Å². The molecular formula is C13H24N4O2. The lowest BCUT2D eigenvalue weighted by Crippen LogP contribution is -2.59. The molecule has 0 radical (unpaired) electrons. The molecule has 6 nitrogen and oxygen atoms in total. The van der Waals surface area contributed by atoms with Crippen LogP contribution >= 0.6 is 0 Å². The number of likely N-dealkylation sites (tertiary alicyclic amines) is 1. The summed E-state index contributed by atoms with van der Waals surface area (Å²) in [6.07, 6.45) is 3.22. The first-order valence-corrected chi connectivity index (χ1v) is 7.22. The van der Waals surface area contributed by atoms with Gasteiger partial charge < -0.3 is 15.5 Å². The van der Waals surface area contributed by atoms with Crippen LogP contribution in [0.1, 0.15) is 26.2 Å². The first kappa shape index (κ1) is 14.3. The fraction of sp³-hybridized carbons (Fsp3) is 0.846. The van der Waals surface area contributed by atoms with E-state index in [0.29, 0.717) is 6.54 Å². The maximum atomic E-state index is 12.0. The van der Waals surface area contributed by atoms with E-state index in [1.807, 2.05) is 0 Å². The van der Waals surface area contributed by atoms with Gasteiger partial charge in [0.05, 0.1) is 6.54 Å². The molecule has 0 bridgehead atoms. The second-order valence-corrected chi connectivity index (χ2v) is 5.36. The van der Waals surface area contributed by atoms with Gasteiger partial charge in [0.1, 0.15) is 6.04 Å². The number of rotatable bonds is 4. The third-order valence-corrected chi connectivity index (χ3v) is 3.80. The molecule has 0 saturated carbocycles. The van der Waals surface area contributed by atoms with Gasteiger partial charge in [0.2, 0.25) is 11.8 Å². The summed E-state index contributed by atoms with van der Waals surface area (Å²) >= 11 is 0. The Balaban J connectivity index is 1.70. The average Bonchev–Trinajstić information content (AvgIpc) is 2.42. The maximum Gasteiger partial charge on any atom is 0.239 e. The second kappa shape index (κ2) is 6.86. The van der Waals surface area contributed by atoms with Gasteiger partial charge in [-0.1, -0.05) is 6.92 Å². The molecule has 2 fully saturated rings. The highest BCUT2D eigenvalue weighted by molar-refractivity contribution is 5.86. The summed E-state index contributed by atoms with van der Waals surface area (Å²) in [5.41, 5.74) is 0. The topological polar surface area (TPSA) is 73.5 Å². The minimum Gasteiger partial charge on any atom is -0.353 e. The van der Waals surface area contributed by atoms with E-state index in [4.69, 9.17) is 0 Å². The van der Waals surface area contributed by atoms with Crippen molar-refractivity contribution in [1.82, 2.24) is 20.9 Å². The zero-order chi connectivity index (χ0) is 13.7. The Morgan fingerprint density at radius 1 is 1.42 bits per heavy atom. The van der Waals surface area contributed by atoms with E-state index in [0.717, 1.165) is 32.5 Å². The highest BCUT2D eigenvalue weighted by atomic mass is 16.2. The first-order chi connectivity index (χ1) is 9.19. The van der Waals surface area contributed by atoms with Crippen molar-refractivity contribution in [3.8, 4) is 0 Å². The van der Waals surface area contributed by atoms with E-state index in [1.54, 1.807) is 0 Å². The minimum atomic E-state index is -0.286. The van der Waals surface area contributed by atoms with E-state index >= 15 is 0 Å². The summed E-state index contributed by atoms with van der Waals surface area (Å²) in [4.78, 5) is 25.5. The van der Waals surface area contributed by atoms with Gasteiger partial charge in [-0.25, -0.2) is 0 Å². The quantitative estimate of drug-likeness (QED) is 0.615. The Kier molecular flexibility index (Phi) is 5.15. The number of nitrogens with one attached hydrogen (secondary N) is 3. The Morgan fingerprint density at radius 2 is 2.16 bits per heavy atom. The summed E-state index contributed by atoms with van der Waals surface area (Å²) in [6, 6.07) is -0.00796. The van der Waals surface area contributed by atoms with E-state index in [1.165, 1.54) is 6.42 Å². The Hall–Kier alpha value is -1.14. The van der Waals surface area contributed by atoms with Crippen LogP contribution in [-0.4, -0.2) is 61.5 Å². The predicted octanol–water partition coefficient (Wildman–Crippen LogP) is -0.935. The first-order valence-electron chi connectivity index (χ1n) is 7.22. The molecule has 0 aromatic carbocycles. The molecule has 2 aliphatic heterocycles. The fourth-order valence-corrected chi connectivity index (χ4v) is 2.67. The highest BCUT2D eigenvalue weighted by Crippen LogP contribution is 2.10. The summed E-state index contributed by atoms with van der Waals surface area (Å²) in [5.74, 6) is -0.0362. The van der Waals surface area contributed by atoms with Gasteiger partial charge in [0.25, 0.3) is 0 Å². The van der Waals surface area contributed by atoms with E-state index in [2.05, 4.69) is 27.8 Å². The number of carbonyl (C=O) groups excluding carboxylic acids is 2. The average molecular weight is 268 g/mol. The van der Waals surface area contributed by atoms with Gasteiger partial charge >= 0.3 is 0 Å². The molecule has 3 N–H and O–H groups in total. The molecule has 2 aliphatic rings. The van der Waals surface area contributed by atoms with Crippen LogP contribution in [-0.2, 0) is 9.59 Å². The van der Waals surface area contributed by atoms with Crippen molar-refractivity contribution in [2.45, 2.75) is 38.3 Å². The van der Waals surface area contributed by atoms with Gasteiger partial charge in [-0.15, -0.1) is 0 Å². The lowest BCUT2D eigenvalue weighted by Gasteiger charge is -2.33. The standard InChI is InChI=1S/C13H24N4O2/c1-2-5-17-6-3-10(4-7-17)16-13(19)11-8-15-12(18)9-14-11/h10-11,14H,2-9H2,1H3,(H,15,18)(H,16,19). The van der Waals surface area contributed by atoms with Crippen molar-refractivity contribution >= 4 is 11.8 Å². The molecule has 1 atom stereocenters. The Labute approximate surface area is 114 Å². The van der Waals surface area contributed by atoms with Crippen molar-refractivity contribution in [3.05, 3.63) is 0 Å². The Bertz CT molecular complexity index is 317. The number of amides is 2. The highest BCUT2D eigenvalue weighted by Gasteiger charge is 2.27. The molecule has 2 rings (SSSR count). The molecule has 6 heteroatoms. The fourth-order valence-electron chi connectivity index (χ4n) is 2.67. The number of nitrogens with zero attached hydrogens (tertiary/aromatic N) is 1. The molecule has 19 heavy (non-hydrogen) atoms. The molecular weight excluding hydrogens is 244 g/mol. The van der Waals surface area contributed by atoms with Crippen LogP contribution in [0, 0.1) is 0 Å². The molecule has 2 saturated heterocycles. The largest absolute Gasteiger partial charge is 0.353 e. The van der Waals surface area contributed by atoms with Gasteiger partial charge in [-0.2, -0.15) is 0 Å². The lowest BCUT2D eigenvalue weighted by molar-refractivity contribution is -0.127. The van der Waals surface area contributed by atoms with Crippen LogP contribution in [0.4, 0.5) is 0 Å². The van der Waals surface area contributed by atoms with Crippen LogP contribution in [0.25, 0.3) is 0 Å². The molecule has 2 amide bonds. The molecule has 0 aromatic rings. The zero-order valence-electron chi connectivity index (χ0n) is 11.6. The number of piperidine rings is 1. The van der Waals surface area contributed by atoms with E-state index < -0.39 is 0 Å². The van der Waals surface area contributed by atoms with Crippen LogP contribution in [0.3, 0.4) is 0 Å². The maximum absolute atomic E-state index is 12.0. The smallest absolute Gasteiger partial charge is 0.239 e. The molecule has 0 aromatic heterocycles. The predicted molar refractivity (Wildman–Crippen MR) is 72.7 cm³/mol. The summed E-state index contributed by atoms with van der Waals surface area (Å²) in [6.45, 7) is 6.08. The Morgan fingerprint density at radius 3 is 2.74 bits per heavy atom. The van der Waals surface area contributed by atoms with Gasteiger partial charge in [-0.3, -0.25) is 14.9 Å². The number of hydrogen-bond acceptors (Lipinski definition) is 4. The number of hydrogen-bond donors (Lipinski definition) is 3. The number of carbonyl (C=O) groups is 2. The monoisotopic (exact) mass is 268 g/mol. The third-order valence-electron chi connectivity index (χ3n) is 3.80.